The van der Waals surface area contributed by atoms with E-state index in [9.17, 15) is 4.79 Å². The summed E-state index contributed by atoms with van der Waals surface area (Å²) in [5.74, 6) is 0.193. The summed E-state index contributed by atoms with van der Waals surface area (Å²) in [7, 11) is 0. The Morgan fingerprint density at radius 3 is 2.58 bits per heavy atom. The van der Waals surface area contributed by atoms with Gasteiger partial charge in [0.15, 0.2) is 0 Å². The van der Waals surface area contributed by atoms with Crippen molar-refractivity contribution in [3.63, 3.8) is 0 Å². The highest BCUT2D eigenvalue weighted by atomic mass is 16.1. The van der Waals surface area contributed by atoms with Crippen LogP contribution in [-0.2, 0) is 0 Å². The number of fused-ring (bicyclic) bond motifs is 1. The minimum atomic E-state index is -0.297. The van der Waals surface area contributed by atoms with Crippen molar-refractivity contribution in [3.8, 4) is 11.3 Å². The first kappa shape index (κ1) is 15.8. The van der Waals surface area contributed by atoms with Crippen molar-refractivity contribution in [2.75, 3.05) is 5.43 Å². The highest BCUT2D eigenvalue weighted by Gasteiger charge is 2.11. The second-order valence-corrected chi connectivity index (χ2v) is 5.78. The maximum atomic E-state index is 11.6. The third kappa shape index (κ3) is 2.98. The molecule has 0 unspecified atom stereocenters. The van der Waals surface area contributed by atoms with E-state index in [1.807, 2.05) is 54.6 Å². The number of hydrazone groups is 1. The number of rotatable bonds is 4. The van der Waals surface area contributed by atoms with Crippen molar-refractivity contribution >= 4 is 23.1 Å². The molecule has 0 aliphatic rings. The zero-order valence-electron chi connectivity index (χ0n) is 14.0. The molecule has 4 rings (SSSR count). The smallest absolute Gasteiger partial charge is 0.274 e. The Hall–Kier alpha value is -3.74. The van der Waals surface area contributed by atoms with Crippen molar-refractivity contribution in [1.82, 2.24) is 20.2 Å². The average molecular weight is 344 g/mol. The molecule has 0 amide bonds. The van der Waals surface area contributed by atoms with Crippen molar-refractivity contribution in [3.05, 3.63) is 76.2 Å². The highest BCUT2D eigenvalue weighted by molar-refractivity contribution is 6.05. The molecule has 0 saturated carbocycles. The van der Waals surface area contributed by atoms with Crippen LogP contribution in [0.3, 0.4) is 0 Å². The minimum absolute atomic E-state index is 0.193. The number of benzene rings is 2. The van der Waals surface area contributed by atoms with Crippen LogP contribution < -0.4 is 11.0 Å². The summed E-state index contributed by atoms with van der Waals surface area (Å²) in [5.41, 5.74) is 6.74. The lowest BCUT2D eigenvalue weighted by atomic mass is 10.1. The van der Waals surface area contributed by atoms with Gasteiger partial charge in [-0.2, -0.15) is 5.10 Å². The fourth-order valence-electron chi connectivity index (χ4n) is 2.73. The van der Waals surface area contributed by atoms with E-state index in [2.05, 4.69) is 30.7 Å². The summed E-state index contributed by atoms with van der Waals surface area (Å²) in [4.78, 5) is 17.6. The molecule has 2 heterocycles. The number of hydrogen-bond acceptors (Lipinski definition) is 5. The lowest BCUT2D eigenvalue weighted by molar-refractivity contribution is 0.897. The van der Waals surface area contributed by atoms with Gasteiger partial charge >= 0.3 is 0 Å². The van der Waals surface area contributed by atoms with Crippen LogP contribution in [0, 0.1) is 6.92 Å². The van der Waals surface area contributed by atoms with E-state index in [1.54, 1.807) is 13.1 Å². The Labute approximate surface area is 148 Å². The summed E-state index contributed by atoms with van der Waals surface area (Å²) < 4.78 is 0. The molecule has 0 aliphatic carbocycles. The van der Waals surface area contributed by atoms with Gasteiger partial charge in [0, 0.05) is 16.5 Å². The largest absolute Gasteiger partial charge is 0.354 e. The van der Waals surface area contributed by atoms with Crippen molar-refractivity contribution in [2.24, 2.45) is 5.10 Å². The van der Waals surface area contributed by atoms with E-state index < -0.39 is 0 Å². The predicted octanol–water partition coefficient (Wildman–Crippen LogP) is 3.07. The van der Waals surface area contributed by atoms with Crippen LogP contribution in [0.1, 0.15) is 11.3 Å². The molecule has 0 radical (unpaired) electrons. The van der Waals surface area contributed by atoms with Crippen LogP contribution in [0.15, 0.2) is 64.5 Å². The van der Waals surface area contributed by atoms with Gasteiger partial charge in [0.1, 0.15) is 5.69 Å². The topological polar surface area (TPSA) is 98.8 Å². The molecule has 128 valence electrons. The minimum Gasteiger partial charge on any atom is -0.354 e. The Bertz CT molecular complexity index is 1140. The van der Waals surface area contributed by atoms with Gasteiger partial charge in [-0.1, -0.05) is 48.5 Å². The second kappa shape index (κ2) is 6.64. The first-order valence-corrected chi connectivity index (χ1v) is 8.11. The molecular weight excluding hydrogens is 328 g/mol. The zero-order valence-corrected chi connectivity index (χ0v) is 14.0. The Morgan fingerprint density at radius 2 is 1.77 bits per heavy atom. The van der Waals surface area contributed by atoms with E-state index in [4.69, 9.17) is 0 Å². The number of para-hydroxylation sites is 1. The van der Waals surface area contributed by atoms with E-state index in [0.717, 1.165) is 27.7 Å². The number of hydrogen-bond donors (Lipinski definition) is 3. The van der Waals surface area contributed by atoms with Crippen molar-refractivity contribution < 1.29 is 0 Å². The molecule has 26 heavy (non-hydrogen) atoms. The number of H-pyrrole nitrogens is 2. The van der Waals surface area contributed by atoms with Gasteiger partial charge in [-0.25, -0.2) is 5.43 Å². The molecule has 0 fully saturated rings. The van der Waals surface area contributed by atoms with Crippen molar-refractivity contribution in [1.29, 1.82) is 0 Å². The fourth-order valence-corrected chi connectivity index (χ4v) is 2.73. The number of anilines is 1. The van der Waals surface area contributed by atoms with Gasteiger partial charge in [-0.05, 0) is 18.6 Å². The summed E-state index contributed by atoms with van der Waals surface area (Å²) >= 11 is 0. The Balaban J connectivity index is 1.73. The molecule has 4 aromatic rings. The SMILES string of the molecule is Cc1nnc(N/N=C/c2c(-c3ccccc3)[nH]c3ccccc23)[nH]c1=O. The monoisotopic (exact) mass is 344 g/mol. The molecular formula is C19H16N6O. The molecule has 2 aromatic carbocycles. The number of nitrogens with zero attached hydrogens (tertiary/aromatic N) is 3. The summed E-state index contributed by atoms with van der Waals surface area (Å²) in [6, 6.07) is 18.1. The molecule has 0 spiro atoms. The van der Waals surface area contributed by atoms with Gasteiger partial charge in [0.2, 0.25) is 5.95 Å². The predicted molar refractivity (Wildman–Crippen MR) is 102 cm³/mol. The second-order valence-electron chi connectivity index (χ2n) is 5.78. The van der Waals surface area contributed by atoms with E-state index in [0.29, 0.717) is 5.69 Å². The van der Waals surface area contributed by atoms with E-state index >= 15 is 0 Å². The first-order valence-electron chi connectivity index (χ1n) is 8.11. The van der Waals surface area contributed by atoms with Gasteiger partial charge in [0.25, 0.3) is 5.56 Å². The van der Waals surface area contributed by atoms with Crippen LogP contribution in [0.2, 0.25) is 0 Å². The number of nitrogens with one attached hydrogen (secondary N) is 3. The van der Waals surface area contributed by atoms with Crippen molar-refractivity contribution in [2.45, 2.75) is 6.92 Å². The maximum Gasteiger partial charge on any atom is 0.274 e. The Morgan fingerprint density at radius 1 is 1.00 bits per heavy atom. The van der Waals surface area contributed by atoms with Crippen LogP contribution in [0.4, 0.5) is 5.95 Å². The van der Waals surface area contributed by atoms with Gasteiger partial charge in [-0.3, -0.25) is 9.78 Å². The molecule has 3 N–H and O–H groups in total. The number of aromatic nitrogens is 4. The third-order valence-electron chi connectivity index (χ3n) is 4.03. The summed E-state index contributed by atoms with van der Waals surface area (Å²) in [6.07, 6.45) is 1.71. The van der Waals surface area contributed by atoms with Crippen LogP contribution in [0.25, 0.3) is 22.2 Å². The molecule has 0 saturated heterocycles. The number of aryl methyl sites for hydroxylation is 1. The third-order valence-corrected chi connectivity index (χ3v) is 4.03. The summed E-state index contributed by atoms with van der Waals surface area (Å²) in [6.45, 7) is 1.59. The molecule has 2 aromatic heterocycles. The molecule has 0 aliphatic heterocycles. The lowest BCUT2D eigenvalue weighted by Gasteiger charge is -2.01. The quantitative estimate of drug-likeness (QED) is 0.391. The molecule has 0 atom stereocenters. The van der Waals surface area contributed by atoms with Gasteiger partial charge in [0.05, 0.1) is 11.9 Å². The fraction of sp³-hybridized carbons (Fsp3) is 0.0526. The van der Waals surface area contributed by atoms with Crippen LogP contribution in [-0.4, -0.2) is 26.4 Å². The van der Waals surface area contributed by atoms with Crippen LogP contribution in [0.5, 0.6) is 0 Å². The molecule has 0 bridgehead atoms. The van der Waals surface area contributed by atoms with E-state index in [1.165, 1.54) is 0 Å². The molecule has 7 heteroatoms. The normalized spacial score (nSPS) is 11.3. The number of aromatic amines is 2. The lowest BCUT2D eigenvalue weighted by Crippen LogP contribution is -2.15. The zero-order chi connectivity index (χ0) is 17.9. The standard InChI is InChI=1S/C19H16N6O/c1-12-18(26)22-19(25-23-12)24-20-11-15-14-9-5-6-10-16(14)21-17(15)13-7-3-2-4-8-13/h2-11,21H,1H3,(H2,22,24,25,26)/b20-11+. The maximum absolute atomic E-state index is 11.6. The Kier molecular flexibility index (Phi) is 4.03. The summed E-state index contributed by atoms with van der Waals surface area (Å²) in [5, 5.41) is 12.9. The average Bonchev–Trinajstić information content (AvgIpc) is 3.04. The van der Waals surface area contributed by atoms with Gasteiger partial charge < -0.3 is 4.98 Å². The highest BCUT2D eigenvalue weighted by Crippen LogP contribution is 2.28. The van der Waals surface area contributed by atoms with Gasteiger partial charge in [-0.15, -0.1) is 10.2 Å². The van der Waals surface area contributed by atoms with E-state index in [-0.39, 0.29) is 11.5 Å². The first-order chi connectivity index (χ1) is 12.7. The van der Waals surface area contributed by atoms with Crippen LogP contribution >= 0.6 is 0 Å². The molecule has 7 nitrogen and oxygen atoms in total.